The van der Waals surface area contributed by atoms with Crippen molar-refractivity contribution in [3.05, 3.63) is 22.7 Å². The van der Waals surface area contributed by atoms with Crippen molar-refractivity contribution >= 4 is 27.3 Å². The van der Waals surface area contributed by atoms with E-state index in [9.17, 15) is 0 Å². The van der Waals surface area contributed by atoms with Gasteiger partial charge in [0.05, 0.1) is 5.69 Å². The molecule has 0 bridgehead atoms. The molecule has 2 aliphatic rings. The quantitative estimate of drug-likeness (QED) is 0.792. The summed E-state index contributed by atoms with van der Waals surface area (Å²) in [6.07, 6.45) is 4.28. The van der Waals surface area contributed by atoms with Crippen LogP contribution in [0.2, 0.25) is 0 Å². The van der Waals surface area contributed by atoms with Crippen molar-refractivity contribution in [2.24, 2.45) is 5.41 Å². The summed E-state index contributed by atoms with van der Waals surface area (Å²) in [5.41, 5.74) is 8.53. The van der Waals surface area contributed by atoms with Crippen LogP contribution in [0.4, 0.5) is 11.4 Å². The molecule has 3 heteroatoms. The molecule has 0 radical (unpaired) electrons. The van der Waals surface area contributed by atoms with Gasteiger partial charge in [0, 0.05) is 28.7 Å². The van der Waals surface area contributed by atoms with Gasteiger partial charge in [0.2, 0.25) is 0 Å². The highest BCUT2D eigenvalue weighted by Gasteiger charge is 2.47. The summed E-state index contributed by atoms with van der Waals surface area (Å²) in [6.45, 7) is 2.46. The molecule has 3 rings (SSSR count). The van der Waals surface area contributed by atoms with E-state index in [1.54, 1.807) is 0 Å². The highest BCUT2D eigenvalue weighted by Crippen LogP contribution is 2.50. The summed E-state index contributed by atoms with van der Waals surface area (Å²) in [7, 11) is 0. The minimum absolute atomic E-state index is 0.681. The second-order valence-corrected chi connectivity index (χ2v) is 5.77. The summed E-state index contributed by atoms with van der Waals surface area (Å²) in [5, 5.41) is 0. The number of hydrogen-bond acceptors (Lipinski definition) is 2. The second kappa shape index (κ2) is 3.14. The molecule has 2 N–H and O–H groups in total. The standard InChI is InChI=1S/C12H15BrN2/c13-10-6-9(14)2-3-11(10)15-7-12(8-15)4-1-5-12/h2-3,6H,1,4-5,7-8,14H2. The van der Waals surface area contributed by atoms with Gasteiger partial charge in [0.15, 0.2) is 0 Å². The summed E-state index contributed by atoms with van der Waals surface area (Å²) < 4.78 is 1.12. The summed E-state index contributed by atoms with van der Waals surface area (Å²) in [4.78, 5) is 2.45. The molecular weight excluding hydrogens is 252 g/mol. The van der Waals surface area contributed by atoms with Gasteiger partial charge in [-0.15, -0.1) is 0 Å². The predicted octanol–water partition coefficient (Wildman–Crippen LogP) is 3.02. The maximum atomic E-state index is 5.73. The van der Waals surface area contributed by atoms with Crippen molar-refractivity contribution < 1.29 is 0 Å². The van der Waals surface area contributed by atoms with Crippen LogP contribution in [0.1, 0.15) is 19.3 Å². The van der Waals surface area contributed by atoms with Crippen molar-refractivity contribution in [2.75, 3.05) is 23.7 Å². The largest absolute Gasteiger partial charge is 0.399 e. The Labute approximate surface area is 98.6 Å². The van der Waals surface area contributed by atoms with E-state index in [-0.39, 0.29) is 0 Å². The Balaban J connectivity index is 1.77. The molecule has 0 aromatic heterocycles. The van der Waals surface area contributed by atoms with Gasteiger partial charge >= 0.3 is 0 Å². The van der Waals surface area contributed by atoms with E-state index in [0.29, 0.717) is 5.41 Å². The lowest BCUT2D eigenvalue weighted by Crippen LogP contribution is -2.59. The SMILES string of the molecule is Nc1ccc(N2CC3(CCC3)C2)c(Br)c1. The van der Waals surface area contributed by atoms with Crippen LogP contribution < -0.4 is 10.6 Å². The van der Waals surface area contributed by atoms with Crippen molar-refractivity contribution in [3.8, 4) is 0 Å². The molecular formula is C12H15BrN2. The van der Waals surface area contributed by atoms with E-state index < -0.39 is 0 Å². The highest BCUT2D eigenvalue weighted by atomic mass is 79.9. The molecule has 1 saturated heterocycles. The highest BCUT2D eigenvalue weighted by molar-refractivity contribution is 9.10. The van der Waals surface area contributed by atoms with E-state index in [4.69, 9.17) is 5.73 Å². The molecule has 1 heterocycles. The van der Waals surface area contributed by atoms with Gasteiger partial charge in [0.1, 0.15) is 0 Å². The fraction of sp³-hybridized carbons (Fsp3) is 0.500. The topological polar surface area (TPSA) is 29.3 Å². The minimum atomic E-state index is 0.681. The third kappa shape index (κ3) is 1.44. The van der Waals surface area contributed by atoms with Crippen LogP contribution in [-0.2, 0) is 0 Å². The van der Waals surface area contributed by atoms with Crippen LogP contribution >= 0.6 is 15.9 Å². The van der Waals surface area contributed by atoms with E-state index in [2.05, 4.69) is 26.9 Å². The lowest BCUT2D eigenvalue weighted by atomic mass is 9.63. The Morgan fingerprint density at radius 3 is 2.53 bits per heavy atom. The number of benzene rings is 1. The first-order valence-corrected chi connectivity index (χ1v) is 6.28. The second-order valence-electron chi connectivity index (χ2n) is 4.92. The molecule has 1 aliphatic heterocycles. The van der Waals surface area contributed by atoms with Crippen LogP contribution in [0, 0.1) is 5.41 Å². The summed E-state index contributed by atoms with van der Waals surface area (Å²) >= 11 is 3.58. The molecule has 1 saturated carbocycles. The van der Waals surface area contributed by atoms with Crippen molar-refractivity contribution in [1.29, 1.82) is 0 Å². The monoisotopic (exact) mass is 266 g/mol. The molecule has 1 aromatic rings. The molecule has 1 aliphatic carbocycles. The molecule has 15 heavy (non-hydrogen) atoms. The maximum absolute atomic E-state index is 5.73. The number of rotatable bonds is 1. The van der Waals surface area contributed by atoms with Crippen LogP contribution in [0.5, 0.6) is 0 Å². The van der Waals surface area contributed by atoms with Gasteiger partial charge in [0.25, 0.3) is 0 Å². The maximum Gasteiger partial charge on any atom is 0.0512 e. The summed E-state index contributed by atoms with van der Waals surface area (Å²) in [6, 6.07) is 6.08. The van der Waals surface area contributed by atoms with Crippen LogP contribution in [0.3, 0.4) is 0 Å². The van der Waals surface area contributed by atoms with Gasteiger partial charge in [-0.1, -0.05) is 6.42 Å². The Morgan fingerprint density at radius 1 is 1.27 bits per heavy atom. The first kappa shape index (κ1) is 9.52. The average molecular weight is 267 g/mol. The Morgan fingerprint density at radius 2 is 2.00 bits per heavy atom. The zero-order valence-corrected chi connectivity index (χ0v) is 10.3. The molecule has 0 atom stereocenters. The molecule has 0 unspecified atom stereocenters. The molecule has 80 valence electrons. The number of nitrogens with zero attached hydrogens (tertiary/aromatic N) is 1. The molecule has 0 amide bonds. The van der Waals surface area contributed by atoms with Crippen molar-refractivity contribution in [2.45, 2.75) is 19.3 Å². The zero-order valence-electron chi connectivity index (χ0n) is 8.67. The number of halogens is 1. The number of nitrogen functional groups attached to an aromatic ring is 1. The van der Waals surface area contributed by atoms with E-state index in [1.807, 2.05) is 12.1 Å². The van der Waals surface area contributed by atoms with Gasteiger partial charge < -0.3 is 10.6 Å². The molecule has 2 nitrogen and oxygen atoms in total. The van der Waals surface area contributed by atoms with E-state index >= 15 is 0 Å². The lowest BCUT2D eigenvalue weighted by Gasteiger charge is -2.57. The predicted molar refractivity (Wildman–Crippen MR) is 67.1 cm³/mol. The van der Waals surface area contributed by atoms with Gasteiger partial charge in [-0.3, -0.25) is 0 Å². The third-order valence-electron chi connectivity index (χ3n) is 3.78. The fourth-order valence-corrected chi connectivity index (χ4v) is 3.35. The van der Waals surface area contributed by atoms with Crippen LogP contribution in [-0.4, -0.2) is 13.1 Å². The number of hydrogen-bond donors (Lipinski definition) is 1. The normalized spacial score (nSPS) is 22.3. The van der Waals surface area contributed by atoms with Crippen molar-refractivity contribution in [1.82, 2.24) is 0 Å². The van der Waals surface area contributed by atoms with Gasteiger partial charge in [-0.05, 0) is 47.0 Å². The van der Waals surface area contributed by atoms with E-state index in [1.165, 1.54) is 38.0 Å². The minimum Gasteiger partial charge on any atom is -0.399 e. The lowest BCUT2D eigenvalue weighted by molar-refractivity contribution is 0.0903. The number of anilines is 2. The summed E-state index contributed by atoms with van der Waals surface area (Å²) in [5.74, 6) is 0. The molecule has 2 fully saturated rings. The number of nitrogens with two attached hydrogens (primary N) is 1. The first-order chi connectivity index (χ1) is 7.19. The van der Waals surface area contributed by atoms with Gasteiger partial charge in [-0.25, -0.2) is 0 Å². The average Bonchev–Trinajstić information content (AvgIpc) is 2.03. The molecule has 1 spiro atoms. The van der Waals surface area contributed by atoms with E-state index in [0.717, 1.165) is 10.2 Å². The molecule has 1 aromatic carbocycles. The Hall–Kier alpha value is -0.700. The Kier molecular flexibility index (Phi) is 2.00. The Bertz CT molecular complexity index is 391. The fourth-order valence-electron chi connectivity index (χ4n) is 2.71. The van der Waals surface area contributed by atoms with Crippen molar-refractivity contribution in [3.63, 3.8) is 0 Å². The van der Waals surface area contributed by atoms with Gasteiger partial charge in [-0.2, -0.15) is 0 Å². The smallest absolute Gasteiger partial charge is 0.0512 e. The first-order valence-electron chi connectivity index (χ1n) is 5.49. The van der Waals surface area contributed by atoms with Crippen LogP contribution in [0.15, 0.2) is 22.7 Å². The zero-order chi connectivity index (χ0) is 10.5. The third-order valence-corrected chi connectivity index (χ3v) is 4.41. The van der Waals surface area contributed by atoms with Crippen LogP contribution in [0.25, 0.3) is 0 Å².